The summed E-state index contributed by atoms with van der Waals surface area (Å²) in [5.74, 6) is 1.62. The minimum Gasteiger partial charge on any atom is -0.453 e. The molecule has 124 valence electrons. The van der Waals surface area contributed by atoms with Crippen LogP contribution >= 0.6 is 0 Å². The van der Waals surface area contributed by atoms with Gasteiger partial charge in [0.1, 0.15) is 5.76 Å². The molecule has 2 rings (SSSR count). The molecule has 0 bridgehead atoms. The second-order valence-electron chi connectivity index (χ2n) is 5.52. The molecule has 0 aliphatic carbocycles. The molecule has 0 unspecified atom stereocenters. The SMILES string of the molecule is C=C/C=C(\C=C/C)N1C(C/C=C/C)=C(C=C)Oc2cc(C)ccc21. The first kappa shape index (κ1) is 17.6. The van der Waals surface area contributed by atoms with E-state index in [-0.39, 0.29) is 0 Å². The molecule has 1 heterocycles. The van der Waals surface area contributed by atoms with Crippen LogP contribution in [0.1, 0.15) is 25.8 Å². The number of ether oxygens (including phenoxy) is 1. The fourth-order valence-corrected chi connectivity index (χ4v) is 2.69. The fraction of sp³-hybridized carbons (Fsp3) is 0.182. The van der Waals surface area contributed by atoms with Gasteiger partial charge in [0.2, 0.25) is 0 Å². The van der Waals surface area contributed by atoms with Crippen LogP contribution in [0.15, 0.2) is 91.0 Å². The Morgan fingerprint density at radius 1 is 1.21 bits per heavy atom. The Morgan fingerprint density at radius 2 is 2.00 bits per heavy atom. The third-order valence-electron chi connectivity index (χ3n) is 3.75. The molecule has 1 aromatic rings. The number of fused-ring (bicyclic) bond motifs is 1. The average molecular weight is 319 g/mol. The monoisotopic (exact) mass is 319 g/mol. The van der Waals surface area contributed by atoms with Crippen molar-refractivity contribution in [1.82, 2.24) is 0 Å². The van der Waals surface area contributed by atoms with Crippen LogP contribution in [0, 0.1) is 6.92 Å². The van der Waals surface area contributed by atoms with Crippen LogP contribution in [-0.4, -0.2) is 0 Å². The minimum absolute atomic E-state index is 0.761. The Balaban J connectivity index is 2.70. The molecule has 24 heavy (non-hydrogen) atoms. The van der Waals surface area contributed by atoms with Crippen molar-refractivity contribution in [3.8, 4) is 5.75 Å². The summed E-state index contributed by atoms with van der Waals surface area (Å²) >= 11 is 0. The topological polar surface area (TPSA) is 12.5 Å². The molecule has 0 radical (unpaired) electrons. The molecule has 0 amide bonds. The van der Waals surface area contributed by atoms with Gasteiger partial charge >= 0.3 is 0 Å². The van der Waals surface area contributed by atoms with Crippen LogP contribution < -0.4 is 9.64 Å². The molecule has 0 saturated heterocycles. The highest BCUT2D eigenvalue weighted by Crippen LogP contribution is 2.42. The molecule has 0 aromatic heterocycles. The second-order valence-corrected chi connectivity index (χ2v) is 5.52. The van der Waals surface area contributed by atoms with Crippen molar-refractivity contribution < 1.29 is 4.74 Å². The third kappa shape index (κ3) is 3.60. The van der Waals surface area contributed by atoms with E-state index < -0.39 is 0 Å². The lowest BCUT2D eigenvalue weighted by Gasteiger charge is -2.35. The molecular weight excluding hydrogens is 294 g/mol. The highest BCUT2D eigenvalue weighted by atomic mass is 16.5. The first-order chi connectivity index (χ1) is 11.7. The van der Waals surface area contributed by atoms with Crippen molar-refractivity contribution >= 4 is 5.69 Å². The van der Waals surface area contributed by atoms with E-state index >= 15 is 0 Å². The predicted octanol–water partition coefficient (Wildman–Crippen LogP) is 6.20. The standard InChI is InChI=1S/C22H25NO/c1-6-10-13-19-21(9-4)24-22-16-17(5)14-15-20(22)23(19)18(11-7-2)12-8-3/h6-12,14-16H,2,4,13H2,1,3,5H3/b10-6+,12-8-,18-11+. The van der Waals surface area contributed by atoms with Gasteiger partial charge in [-0.05, 0) is 56.7 Å². The summed E-state index contributed by atoms with van der Waals surface area (Å²) in [6.07, 6.45) is 14.6. The lowest BCUT2D eigenvalue weighted by atomic mass is 10.1. The fourth-order valence-electron chi connectivity index (χ4n) is 2.69. The Morgan fingerprint density at radius 3 is 2.62 bits per heavy atom. The van der Waals surface area contributed by atoms with Gasteiger partial charge in [-0.25, -0.2) is 0 Å². The lowest BCUT2D eigenvalue weighted by Crippen LogP contribution is -2.27. The first-order valence-electron chi connectivity index (χ1n) is 8.17. The first-order valence-corrected chi connectivity index (χ1v) is 8.17. The third-order valence-corrected chi connectivity index (χ3v) is 3.75. The summed E-state index contributed by atoms with van der Waals surface area (Å²) in [6.45, 7) is 13.9. The van der Waals surface area contributed by atoms with E-state index in [1.165, 1.54) is 0 Å². The quantitative estimate of drug-likeness (QED) is 0.457. The molecule has 0 N–H and O–H groups in total. The number of nitrogens with zero attached hydrogens (tertiary/aromatic N) is 1. The summed E-state index contributed by atoms with van der Waals surface area (Å²) in [4.78, 5) is 2.22. The summed E-state index contributed by atoms with van der Waals surface area (Å²) in [6, 6.07) is 6.25. The molecule has 0 fully saturated rings. The van der Waals surface area contributed by atoms with Crippen molar-refractivity contribution in [2.75, 3.05) is 4.90 Å². The summed E-state index contributed by atoms with van der Waals surface area (Å²) in [5, 5.41) is 0. The van der Waals surface area contributed by atoms with Crippen LogP contribution in [0.5, 0.6) is 5.75 Å². The van der Waals surface area contributed by atoms with Gasteiger partial charge in [0.15, 0.2) is 5.75 Å². The highest BCUT2D eigenvalue weighted by molar-refractivity contribution is 5.72. The normalized spacial score (nSPS) is 15.0. The maximum atomic E-state index is 6.12. The van der Waals surface area contributed by atoms with E-state index in [0.29, 0.717) is 0 Å². The average Bonchev–Trinajstić information content (AvgIpc) is 2.58. The Bertz CT molecular complexity index is 747. The van der Waals surface area contributed by atoms with Crippen molar-refractivity contribution in [3.63, 3.8) is 0 Å². The van der Waals surface area contributed by atoms with E-state index in [1.807, 2.05) is 32.1 Å². The largest absolute Gasteiger partial charge is 0.453 e. The van der Waals surface area contributed by atoms with Crippen molar-refractivity contribution in [2.45, 2.75) is 27.2 Å². The second kappa shape index (κ2) is 8.21. The molecule has 1 aliphatic rings. The summed E-state index contributed by atoms with van der Waals surface area (Å²) in [7, 11) is 0. The molecular formula is C22H25NO. The molecule has 2 heteroatoms. The molecule has 0 atom stereocenters. The highest BCUT2D eigenvalue weighted by Gasteiger charge is 2.26. The Labute approximate surface area is 145 Å². The van der Waals surface area contributed by atoms with Crippen LogP contribution in [0.25, 0.3) is 0 Å². The number of allylic oxidation sites excluding steroid dienone is 7. The van der Waals surface area contributed by atoms with Gasteiger partial charge in [-0.3, -0.25) is 0 Å². The zero-order chi connectivity index (χ0) is 17.5. The summed E-state index contributed by atoms with van der Waals surface area (Å²) < 4.78 is 6.12. The predicted molar refractivity (Wildman–Crippen MR) is 104 cm³/mol. The zero-order valence-electron chi connectivity index (χ0n) is 14.8. The van der Waals surface area contributed by atoms with E-state index in [0.717, 1.165) is 40.6 Å². The van der Waals surface area contributed by atoms with Gasteiger partial charge in [0.05, 0.1) is 11.4 Å². The number of hydrogen-bond acceptors (Lipinski definition) is 2. The zero-order valence-corrected chi connectivity index (χ0v) is 14.8. The molecule has 1 aliphatic heterocycles. The number of anilines is 1. The molecule has 0 saturated carbocycles. The van der Waals surface area contributed by atoms with Gasteiger partial charge in [-0.1, -0.05) is 43.5 Å². The van der Waals surface area contributed by atoms with Gasteiger partial charge in [0.25, 0.3) is 0 Å². The number of aryl methyl sites for hydroxylation is 1. The Hall–Kier alpha value is -2.74. The van der Waals surface area contributed by atoms with Crippen LogP contribution in [0.4, 0.5) is 5.69 Å². The summed E-state index contributed by atoms with van der Waals surface area (Å²) in [5.41, 5.74) is 4.29. The van der Waals surface area contributed by atoms with Crippen LogP contribution in [0.2, 0.25) is 0 Å². The van der Waals surface area contributed by atoms with Crippen molar-refractivity contribution in [2.24, 2.45) is 0 Å². The molecule has 2 nitrogen and oxygen atoms in total. The minimum atomic E-state index is 0.761. The van der Waals surface area contributed by atoms with Crippen molar-refractivity contribution in [1.29, 1.82) is 0 Å². The van der Waals surface area contributed by atoms with E-state index in [1.54, 1.807) is 12.2 Å². The van der Waals surface area contributed by atoms with Crippen molar-refractivity contribution in [3.05, 3.63) is 96.6 Å². The molecule has 0 spiro atoms. The number of hydrogen-bond donors (Lipinski definition) is 0. The van der Waals surface area contributed by atoms with E-state index in [4.69, 9.17) is 4.74 Å². The van der Waals surface area contributed by atoms with Gasteiger partial charge in [0, 0.05) is 12.1 Å². The molecule has 1 aromatic carbocycles. The number of rotatable bonds is 6. The van der Waals surface area contributed by atoms with Crippen LogP contribution in [0.3, 0.4) is 0 Å². The van der Waals surface area contributed by atoms with E-state index in [2.05, 4.69) is 55.3 Å². The Kier molecular flexibility index (Phi) is 6.02. The smallest absolute Gasteiger partial charge is 0.151 e. The van der Waals surface area contributed by atoms with Gasteiger partial charge in [-0.2, -0.15) is 0 Å². The van der Waals surface area contributed by atoms with E-state index in [9.17, 15) is 0 Å². The maximum Gasteiger partial charge on any atom is 0.151 e. The maximum absolute atomic E-state index is 6.12. The van der Waals surface area contributed by atoms with Crippen LogP contribution in [-0.2, 0) is 0 Å². The number of benzene rings is 1. The van der Waals surface area contributed by atoms with Gasteiger partial charge in [-0.15, -0.1) is 0 Å². The lowest BCUT2D eigenvalue weighted by molar-refractivity contribution is 0.425. The van der Waals surface area contributed by atoms with Gasteiger partial charge < -0.3 is 9.64 Å².